The van der Waals surface area contributed by atoms with E-state index >= 15 is 0 Å². The molecule has 2 aromatic carbocycles. The highest BCUT2D eigenvalue weighted by molar-refractivity contribution is 5.83. The molecule has 1 aliphatic carbocycles. The Morgan fingerprint density at radius 2 is 1.51 bits per heavy atom. The Hall–Kier alpha value is -3.87. The van der Waals surface area contributed by atoms with Crippen molar-refractivity contribution in [3.8, 4) is 0 Å². The molecule has 4 amide bonds. The lowest BCUT2D eigenvalue weighted by atomic mass is 9.84. The van der Waals surface area contributed by atoms with Gasteiger partial charge in [0.05, 0.1) is 6.54 Å². The average Bonchev–Trinajstić information content (AvgIpc) is 2.97. The molecule has 0 bridgehead atoms. The number of urea groups is 1. The molecule has 39 heavy (non-hydrogen) atoms. The first kappa shape index (κ1) is 33.2. The van der Waals surface area contributed by atoms with E-state index in [1.54, 1.807) is 48.2 Å². The van der Waals surface area contributed by atoms with Crippen molar-refractivity contribution in [2.75, 3.05) is 14.1 Å². The maximum Gasteiger partial charge on any atom is 0.323 e. The fourth-order valence-corrected chi connectivity index (χ4v) is 4.20. The molecule has 3 rings (SSSR count). The fraction of sp³-hybridized carbons (Fsp3) is 0.406. The second kappa shape index (κ2) is 19.2. The zero-order chi connectivity index (χ0) is 29.0. The number of nitrogens with zero attached hydrogens (tertiary/aromatic N) is 2. The Morgan fingerprint density at radius 1 is 0.923 bits per heavy atom. The number of allylic oxidation sites excluding steroid dienone is 3. The third-order valence-electron chi connectivity index (χ3n) is 6.35. The van der Waals surface area contributed by atoms with Crippen molar-refractivity contribution in [3.63, 3.8) is 0 Å². The largest absolute Gasteiger partial charge is 0.368 e. The molecule has 212 valence electrons. The lowest BCUT2D eigenvalue weighted by Crippen LogP contribution is -2.35. The first-order valence-electron chi connectivity index (χ1n) is 13.6. The number of carbonyl (C=O) groups is 3. The Balaban J connectivity index is 0.000000378. The summed E-state index contributed by atoms with van der Waals surface area (Å²) in [6.45, 7) is 6.55. The third-order valence-corrected chi connectivity index (χ3v) is 6.35. The Bertz CT molecular complexity index is 1020. The van der Waals surface area contributed by atoms with Gasteiger partial charge in [0, 0.05) is 20.3 Å². The van der Waals surface area contributed by atoms with Crippen molar-refractivity contribution in [3.05, 3.63) is 95.7 Å². The Labute approximate surface area is 234 Å². The van der Waals surface area contributed by atoms with Gasteiger partial charge < -0.3 is 16.0 Å². The molecular weight excluding hydrogens is 488 g/mol. The van der Waals surface area contributed by atoms with Gasteiger partial charge in [-0.3, -0.25) is 14.5 Å². The lowest BCUT2D eigenvalue weighted by molar-refractivity contribution is -0.122. The molecule has 1 fully saturated rings. The minimum atomic E-state index is -0.737. The fourth-order valence-electron chi connectivity index (χ4n) is 4.20. The van der Waals surface area contributed by atoms with Crippen LogP contribution in [0.4, 0.5) is 4.79 Å². The van der Waals surface area contributed by atoms with Crippen LogP contribution in [-0.2, 0) is 16.1 Å². The van der Waals surface area contributed by atoms with Gasteiger partial charge >= 0.3 is 6.03 Å². The number of hydrogen-bond acceptors (Lipinski definition) is 3. The van der Waals surface area contributed by atoms with Gasteiger partial charge in [-0.2, -0.15) is 0 Å². The highest BCUT2D eigenvalue weighted by Gasteiger charge is 2.17. The molecule has 0 spiro atoms. The summed E-state index contributed by atoms with van der Waals surface area (Å²) in [7, 11) is 3.57. The van der Waals surface area contributed by atoms with Crippen LogP contribution >= 0.6 is 0 Å². The van der Waals surface area contributed by atoms with Crippen LogP contribution < -0.4 is 11.1 Å². The molecule has 3 N–H and O–H groups in total. The summed E-state index contributed by atoms with van der Waals surface area (Å²) in [5.74, 6) is 0.163. The van der Waals surface area contributed by atoms with Crippen molar-refractivity contribution in [2.45, 2.75) is 71.4 Å². The monoisotopic (exact) mass is 534 g/mol. The SMILES string of the molecule is C/C=C/N(Cc1ccc(C2CCCCC2)cc1)C(=O)N(C)C.C/C=C\C.NC(=O)C(NC=O)c1ccccc1. The minimum absolute atomic E-state index is 0.00876. The zero-order valence-corrected chi connectivity index (χ0v) is 24.2. The number of rotatable bonds is 8. The number of primary amides is 1. The predicted molar refractivity (Wildman–Crippen MR) is 160 cm³/mol. The van der Waals surface area contributed by atoms with E-state index in [1.807, 2.05) is 51.3 Å². The molecule has 0 saturated heterocycles. The normalized spacial score (nSPS) is 13.9. The quantitative estimate of drug-likeness (QED) is 0.308. The van der Waals surface area contributed by atoms with Crippen molar-refractivity contribution in [1.82, 2.24) is 15.1 Å². The van der Waals surface area contributed by atoms with Crippen molar-refractivity contribution in [2.24, 2.45) is 5.73 Å². The summed E-state index contributed by atoms with van der Waals surface area (Å²) in [5, 5.41) is 2.34. The van der Waals surface area contributed by atoms with E-state index in [1.165, 1.54) is 43.2 Å². The molecule has 1 unspecified atom stereocenters. The summed E-state index contributed by atoms with van der Waals surface area (Å²) < 4.78 is 0. The molecule has 1 atom stereocenters. The van der Waals surface area contributed by atoms with E-state index in [9.17, 15) is 14.4 Å². The van der Waals surface area contributed by atoms with E-state index in [-0.39, 0.29) is 6.03 Å². The average molecular weight is 535 g/mol. The number of amides is 4. The van der Waals surface area contributed by atoms with E-state index in [2.05, 4.69) is 29.6 Å². The third kappa shape index (κ3) is 12.5. The van der Waals surface area contributed by atoms with Gasteiger partial charge in [0.25, 0.3) is 0 Å². The summed E-state index contributed by atoms with van der Waals surface area (Å²) >= 11 is 0. The van der Waals surface area contributed by atoms with E-state index in [4.69, 9.17) is 5.73 Å². The van der Waals surface area contributed by atoms with Crippen LogP contribution in [0.15, 0.2) is 79.0 Å². The van der Waals surface area contributed by atoms with Crippen molar-refractivity contribution in [1.29, 1.82) is 0 Å². The molecule has 0 heterocycles. The van der Waals surface area contributed by atoms with Gasteiger partial charge in [0.15, 0.2) is 0 Å². The van der Waals surface area contributed by atoms with Crippen LogP contribution in [0.1, 0.15) is 81.5 Å². The van der Waals surface area contributed by atoms with Gasteiger partial charge in [-0.05, 0) is 56.2 Å². The molecule has 7 heteroatoms. The summed E-state index contributed by atoms with van der Waals surface area (Å²) in [5.41, 5.74) is 8.41. The Kier molecular flexibility index (Phi) is 16.4. The van der Waals surface area contributed by atoms with Gasteiger partial charge in [0.1, 0.15) is 6.04 Å². The standard InChI is InChI=1S/C19H28N2O.C9H10N2O2.C4H8/c1-4-14-21(19(22)20(2)3)15-16-10-12-18(13-11-16)17-8-6-5-7-9-17;10-9(13)8(11-6-12)7-4-2-1-3-5-7;1-3-4-2/h4,10-14,17H,5-9,15H2,1-3H3;1-6,8H,(H2,10,13)(H,11,12);3-4H,1-2H3/b14-4+;;4-3-. The first-order chi connectivity index (χ1) is 18.8. The van der Waals surface area contributed by atoms with Crippen LogP contribution in [0.2, 0.25) is 0 Å². The number of hydrogen-bond donors (Lipinski definition) is 2. The number of benzene rings is 2. The van der Waals surface area contributed by atoms with Crippen LogP contribution in [0.5, 0.6) is 0 Å². The maximum absolute atomic E-state index is 12.2. The van der Waals surface area contributed by atoms with Crippen LogP contribution in [-0.4, -0.2) is 42.2 Å². The second-order valence-electron chi connectivity index (χ2n) is 9.56. The molecule has 2 aromatic rings. The number of nitrogens with one attached hydrogen (secondary N) is 1. The number of nitrogens with two attached hydrogens (primary N) is 1. The minimum Gasteiger partial charge on any atom is -0.368 e. The summed E-state index contributed by atoms with van der Waals surface area (Å²) in [4.78, 5) is 36.6. The topological polar surface area (TPSA) is 95.7 Å². The lowest BCUT2D eigenvalue weighted by Gasteiger charge is -2.24. The summed E-state index contributed by atoms with van der Waals surface area (Å²) in [6.07, 6.45) is 15.0. The van der Waals surface area contributed by atoms with E-state index in [0.29, 0.717) is 18.5 Å². The molecule has 0 aromatic heterocycles. The van der Waals surface area contributed by atoms with Gasteiger partial charge in [-0.25, -0.2) is 4.79 Å². The summed E-state index contributed by atoms with van der Waals surface area (Å²) in [6, 6.07) is 16.9. The molecule has 7 nitrogen and oxygen atoms in total. The molecule has 1 aliphatic rings. The van der Waals surface area contributed by atoms with Crippen LogP contribution in [0.25, 0.3) is 0 Å². The van der Waals surface area contributed by atoms with Gasteiger partial charge in [0.2, 0.25) is 12.3 Å². The van der Waals surface area contributed by atoms with Crippen molar-refractivity contribution >= 4 is 18.3 Å². The van der Waals surface area contributed by atoms with Crippen LogP contribution in [0, 0.1) is 0 Å². The first-order valence-corrected chi connectivity index (χ1v) is 13.6. The van der Waals surface area contributed by atoms with E-state index in [0.717, 1.165) is 5.92 Å². The van der Waals surface area contributed by atoms with Gasteiger partial charge in [-0.15, -0.1) is 0 Å². The molecular formula is C32H46N4O3. The van der Waals surface area contributed by atoms with Gasteiger partial charge in [-0.1, -0.05) is 92.1 Å². The Morgan fingerprint density at radius 3 is 1.97 bits per heavy atom. The smallest absolute Gasteiger partial charge is 0.323 e. The molecule has 0 aliphatic heterocycles. The van der Waals surface area contributed by atoms with E-state index < -0.39 is 11.9 Å². The van der Waals surface area contributed by atoms with Crippen molar-refractivity contribution < 1.29 is 14.4 Å². The second-order valence-corrected chi connectivity index (χ2v) is 9.56. The maximum atomic E-state index is 12.2. The highest BCUT2D eigenvalue weighted by atomic mass is 16.2. The molecule has 1 saturated carbocycles. The zero-order valence-electron chi connectivity index (χ0n) is 24.2. The van der Waals surface area contributed by atoms with Crippen LogP contribution in [0.3, 0.4) is 0 Å². The number of carbonyl (C=O) groups excluding carboxylic acids is 3. The molecule has 0 radical (unpaired) electrons. The predicted octanol–water partition coefficient (Wildman–Crippen LogP) is 6.29. The highest BCUT2D eigenvalue weighted by Crippen LogP contribution is 2.32.